The molecule has 0 saturated carbocycles. The number of nitrogens with zero attached hydrogens (tertiary/aromatic N) is 4. The smallest absolute Gasteiger partial charge is 0.549 e. The van der Waals surface area contributed by atoms with Crippen molar-refractivity contribution in [3.05, 3.63) is 102 Å². The predicted molar refractivity (Wildman–Crippen MR) is 358 cm³/mol. The topological polar surface area (TPSA) is 489 Å². The molecule has 0 bridgehead atoms. The number of rotatable bonds is 26. The molecule has 32 nitrogen and oxygen atoms in total. The van der Waals surface area contributed by atoms with Crippen molar-refractivity contribution >= 4 is 97.7 Å². The summed E-state index contributed by atoms with van der Waals surface area (Å²) in [5.74, 6) is -12.6. The van der Waals surface area contributed by atoms with E-state index in [9.17, 15) is 74.1 Å². The molecule has 15 N–H and O–H groups in total. The number of benzene rings is 3. The number of carbonyl (C=O) groups excluding carboxylic acids is 11. The van der Waals surface area contributed by atoms with Gasteiger partial charge >= 0.3 is 32.7 Å². The summed E-state index contributed by atoms with van der Waals surface area (Å²) in [6.07, 6.45) is -1.38. The van der Waals surface area contributed by atoms with Gasteiger partial charge in [-0.15, -0.1) is 0 Å². The number of aromatic nitrogens is 1. The molecule has 6 rings (SSSR count). The van der Waals surface area contributed by atoms with E-state index in [1.54, 1.807) is 65.7 Å². The number of hydrogen-bond donors (Lipinski definition) is 14. The number of nitrogens with two attached hydrogens (primary N) is 1. The zero-order valence-corrected chi connectivity index (χ0v) is 60.1. The first-order chi connectivity index (χ1) is 47.3. The van der Waals surface area contributed by atoms with Crippen molar-refractivity contribution in [3.63, 3.8) is 0 Å². The fraction of sp³-hybridized carbons (Fsp3) is 0.523. The van der Waals surface area contributed by atoms with E-state index in [0.29, 0.717) is 34.0 Å². The second kappa shape index (κ2) is 42.8. The number of phenols is 1. The number of aliphatic hydroxyl groups is 3. The Balaban J connectivity index is 0.0000180. The van der Waals surface area contributed by atoms with Crippen LogP contribution >= 0.6 is 21.6 Å². The number of carboxylic acids is 3. The number of para-hydroxylation sites is 1. The van der Waals surface area contributed by atoms with Crippen LogP contribution in [0.2, 0.25) is 0 Å². The van der Waals surface area contributed by atoms with Crippen molar-refractivity contribution in [2.45, 2.75) is 113 Å². The van der Waals surface area contributed by atoms with Gasteiger partial charge in [0.2, 0.25) is 47.3 Å². The minimum absolute atomic E-state index is 0. The predicted octanol–water partition coefficient (Wildman–Crippen LogP) is -7.47. The number of unbranched alkanes of at least 4 members (excludes halogenated alkanes) is 1. The maximum Gasteiger partial charge on any atom is 3.00 e. The Labute approximate surface area is 611 Å². The number of fused-ring (bicyclic) bond motifs is 1. The number of phenolic OH excluding ortho intramolecular Hbond substituents is 1. The summed E-state index contributed by atoms with van der Waals surface area (Å²) in [6.45, 7) is 0.0360. The number of aliphatic carboxylic acids is 3. The number of nitrogens with one attached hydrogen (secondary N) is 9. The van der Waals surface area contributed by atoms with Crippen molar-refractivity contribution in [1.29, 1.82) is 0 Å². The molecular formula is C65H89N14O18S2Y. The van der Waals surface area contributed by atoms with Gasteiger partial charge < -0.3 is 103 Å². The van der Waals surface area contributed by atoms with Crippen LogP contribution in [-0.2, 0) is 105 Å². The van der Waals surface area contributed by atoms with Gasteiger partial charge in [0, 0.05) is 120 Å². The molecule has 3 aromatic carbocycles. The third-order valence-electron chi connectivity index (χ3n) is 16.6. The van der Waals surface area contributed by atoms with Gasteiger partial charge in [-0.2, -0.15) is 0 Å². The molecule has 0 radical (unpaired) electrons. The van der Waals surface area contributed by atoms with Crippen molar-refractivity contribution in [2.24, 2.45) is 5.73 Å². The summed E-state index contributed by atoms with van der Waals surface area (Å²) in [6, 6.07) is 9.03. The van der Waals surface area contributed by atoms with Crippen LogP contribution in [0.25, 0.3) is 10.9 Å². The maximum absolute atomic E-state index is 15.3. The Hall–Kier alpha value is -7.35. The molecular weight excluding hydrogens is 1420 g/mol. The molecule has 2 saturated heterocycles. The maximum atomic E-state index is 15.3. The Morgan fingerprint density at radius 2 is 1.13 bits per heavy atom. The first-order valence-electron chi connectivity index (χ1n) is 32.5. The van der Waals surface area contributed by atoms with Crippen LogP contribution in [0, 0.1) is 0 Å². The largest absolute Gasteiger partial charge is 3.00 e. The van der Waals surface area contributed by atoms with E-state index in [1.807, 2.05) is 0 Å². The van der Waals surface area contributed by atoms with Gasteiger partial charge in [-0.25, -0.2) is 0 Å². The van der Waals surface area contributed by atoms with Gasteiger partial charge in [0.15, 0.2) is 0 Å². The Morgan fingerprint density at radius 1 is 0.610 bits per heavy atom. The zero-order valence-electron chi connectivity index (χ0n) is 55.7. The monoisotopic (exact) mass is 1510 g/mol. The number of aromatic hydroxyl groups is 1. The Morgan fingerprint density at radius 3 is 1.68 bits per heavy atom. The van der Waals surface area contributed by atoms with Crippen molar-refractivity contribution in [3.8, 4) is 5.75 Å². The molecule has 542 valence electrons. The van der Waals surface area contributed by atoms with Crippen LogP contribution in [-0.4, -0.2) is 274 Å². The summed E-state index contributed by atoms with van der Waals surface area (Å²) in [7, 11) is 1.79. The third kappa shape index (κ3) is 28.2. The number of aromatic amines is 1. The first-order valence-corrected chi connectivity index (χ1v) is 35.0. The fourth-order valence-corrected chi connectivity index (χ4v) is 13.4. The van der Waals surface area contributed by atoms with E-state index in [2.05, 4.69) is 47.5 Å². The molecule has 0 aliphatic carbocycles. The number of H-pyrrole nitrogens is 1. The summed E-state index contributed by atoms with van der Waals surface area (Å²) in [4.78, 5) is 163. The Bertz CT molecular complexity index is 3330. The molecule has 2 aliphatic rings. The van der Waals surface area contributed by atoms with Crippen molar-refractivity contribution in [1.82, 2.24) is 67.1 Å². The second-order valence-corrected chi connectivity index (χ2v) is 26.9. The number of aliphatic hydroxyl groups excluding tert-OH is 3. The molecule has 2 fully saturated rings. The van der Waals surface area contributed by atoms with E-state index in [4.69, 9.17) is 5.73 Å². The first kappa shape index (κ1) is 83.3. The van der Waals surface area contributed by atoms with Crippen molar-refractivity contribution in [2.75, 3.05) is 103 Å². The number of carbonyl (C=O) groups is 11. The zero-order chi connectivity index (χ0) is 72.1. The van der Waals surface area contributed by atoms with Gasteiger partial charge in [-0.3, -0.25) is 58.0 Å². The number of hydrogen-bond acceptors (Lipinski definition) is 25. The molecule has 0 spiro atoms. The average molecular weight is 1510 g/mol. The molecule has 4 aromatic rings. The van der Waals surface area contributed by atoms with Crippen LogP contribution in [0.5, 0.6) is 5.75 Å². The van der Waals surface area contributed by atoms with Crippen LogP contribution in [0.15, 0.2) is 85.1 Å². The number of carboxylic acid groups (broad SMARTS) is 3. The van der Waals surface area contributed by atoms with Crippen molar-refractivity contribution < 1.29 is 121 Å². The molecule has 100 heavy (non-hydrogen) atoms. The van der Waals surface area contributed by atoms with Gasteiger partial charge in [0.25, 0.3) is 0 Å². The summed E-state index contributed by atoms with van der Waals surface area (Å²) < 4.78 is 0. The molecule has 3 heterocycles. The second-order valence-electron chi connectivity index (χ2n) is 24.4. The van der Waals surface area contributed by atoms with Gasteiger partial charge in [0.1, 0.15) is 48.0 Å². The molecule has 2 aliphatic heterocycles. The van der Waals surface area contributed by atoms with E-state index in [-0.39, 0.29) is 141 Å². The molecule has 0 unspecified atom stereocenters. The van der Waals surface area contributed by atoms with E-state index < -0.39 is 158 Å². The average Bonchev–Trinajstić information content (AvgIpc) is 1.62. The van der Waals surface area contributed by atoms with Crippen LogP contribution < -0.4 is 63.6 Å². The van der Waals surface area contributed by atoms with Crippen LogP contribution in [0.4, 0.5) is 0 Å². The summed E-state index contributed by atoms with van der Waals surface area (Å²) in [5.41, 5.74) is 8.01. The minimum Gasteiger partial charge on any atom is -0.549 e. The molecule has 1 aromatic heterocycles. The molecule has 35 heteroatoms. The standard InChI is InChI=1S/C65H92N14O18S2.Y/c1-39(81)51(36-80)72-64(96)53-38-99-98-37-52(73-60(92)48(28-41-10-4-3-5-11-41)68-54(84)32-76-20-22-77(33-55(85)86)24-26-79(35-57(89)90)27-25-78(23-21-76)34-56(87)88)63(95)70-49(29-42-15-17-44(83)18-16-42)61(93)71-50(30-43-31-67-46-13-7-6-12-45(43)46)62(94)69-47(14-8-9-19-66)59(91)75-58(40(2)82)65(97)74-53;/h3-7,10-13,15-18,31,39-40,47-53,58,67,80-83H,8-9,14,19-30,32-38,66H2,1-2H3,(H,68,84)(H,69,94)(H,70,95)(H,71,93)(H,72,96)(H,73,92)(H,74,97)(H,75,91)(H,85,86)(H,87,88)(H,89,90);/q;+3/p-3/t39-,40-,47+,48-,49+,50-,51-,52+,53+,58+;/m1./s1. The molecule has 10 atom stereocenters. The van der Waals surface area contributed by atoms with E-state index >= 15 is 14.4 Å². The fourth-order valence-electron chi connectivity index (χ4n) is 11.0. The normalized spacial score (nSPS) is 21.8. The van der Waals surface area contributed by atoms with Gasteiger partial charge in [-0.05, 0) is 74.5 Å². The summed E-state index contributed by atoms with van der Waals surface area (Å²) in [5, 5.41) is 99.3. The SMILES string of the molecule is C[C@@H](O)[C@@H]1NC(=O)[C@H](CCCCN)NC(=O)[C@@H](Cc2c[nH]c3ccccc23)NC(=O)[C@H](Cc2ccc(O)cc2)NC(=O)[C@@H](NC(=O)[C@@H](Cc2ccccc2)NC(=O)CN2CCN(CC(=O)[O-])CCN(CC(=O)[O-])CCN(CC(=O)[O-])CC2)CSSC[C@@H](C(=O)N[C@H](CO)[C@@H](C)O)NC1=O.[Y+3]. The minimum atomic E-state index is -1.78. The van der Waals surface area contributed by atoms with E-state index in [1.165, 1.54) is 52.8 Å². The summed E-state index contributed by atoms with van der Waals surface area (Å²) >= 11 is 0. The van der Waals surface area contributed by atoms with Gasteiger partial charge in [0.05, 0.1) is 49.3 Å². The van der Waals surface area contributed by atoms with Crippen LogP contribution in [0.1, 0.15) is 49.8 Å². The molecule has 8 amide bonds. The quantitative estimate of drug-likeness (QED) is 0.0205. The number of amides is 8. The van der Waals surface area contributed by atoms with Crippen LogP contribution in [0.3, 0.4) is 0 Å². The van der Waals surface area contributed by atoms with E-state index in [0.717, 1.165) is 21.6 Å². The van der Waals surface area contributed by atoms with Gasteiger partial charge in [-0.1, -0.05) is 82.3 Å². The third-order valence-corrected chi connectivity index (χ3v) is 19.0. The Kier molecular flexibility index (Phi) is 35.7.